The maximum absolute atomic E-state index is 12.5. The van der Waals surface area contributed by atoms with Gasteiger partial charge in [-0.25, -0.2) is 50.5 Å². The largest absolute Gasteiger partial charge is 1.00 e. The van der Waals surface area contributed by atoms with E-state index in [1.165, 1.54) is 49.4 Å². The fraction of sp³-hybridized carbons (Fsp3) is 0.0465. The second kappa shape index (κ2) is 30.1. The van der Waals surface area contributed by atoms with E-state index in [2.05, 4.69) is 51.4 Å². The molecule has 0 spiro atoms. The van der Waals surface area contributed by atoms with Crippen molar-refractivity contribution < 1.29 is 255 Å². The zero-order chi connectivity index (χ0) is 56.2. The summed E-state index contributed by atoms with van der Waals surface area (Å²) in [6, 6.07) is 20.9. The monoisotopic (exact) mass is 1300 g/mol. The molecule has 8 aromatic rings. The quantitative estimate of drug-likeness (QED) is 0.0459. The maximum atomic E-state index is 12.5. The standard InChI is InChI=1S/C43H34N10O18S6.6Na/c1-22-16-25(8-13-34(22)51-50-27-18-32-30(38(19-27)75(63,64)65)4-3-5-37(32)74(60,61)62)45-42-47-41(44-24-6-10-28(11-7-24)72(54,55)56)48-43(49-42)46-26-9-14-35(23(2)17-26)52-53-36-15-12-31-33(40(36)77(69,70)71)20-29(73(57,58)59)21-39(31)76(66,67)68;;;;;;/h3-21H,1-2H3,(H,54,55,56)(H,57,58,59)(H,60,61,62)(H,63,64,65)(H,66,67,68)(H,69,70,71)(H3,44,45,46,47,48,49);;;;;;/q;6*+1/p-6. The van der Waals surface area contributed by atoms with Gasteiger partial charge in [0, 0.05) is 38.6 Å². The van der Waals surface area contributed by atoms with Crippen LogP contribution in [0.5, 0.6) is 0 Å². The molecule has 0 fully saturated rings. The van der Waals surface area contributed by atoms with Crippen molar-refractivity contribution in [2.24, 2.45) is 20.5 Å². The molecule has 8 rings (SSSR count). The van der Waals surface area contributed by atoms with Crippen molar-refractivity contribution in [1.29, 1.82) is 0 Å². The van der Waals surface area contributed by atoms with Gasteiger partial charge < -0.3 is 43.3 Å². The number of anilines is 6. The van der Waals surface area contributed by atoms with E-state index in [1.807, 2.05) is 0 Å². The maximum Gasteiger partial charge on any atom is 1.00 e. The predicted molar refractivity (Wildman–Crippen MR) is 263 cm³/mol. The Balaban J connectivity index is 0.00000392. The molecule has 0 aliphatic heterocycles. The fourth-order valence-electron chi connectivity index (χ4n) is 7.37. The van der Waals surface area contributed by atoms with Gasteiger partial charge in [0.15, 0.2) is 0 Å². The van der Waals surface area contributed by atoms with Gasteiger partial charge in [-0.1, -0.05) is 18.2 Å². The molecule has 1 heterocycles. The molecule has 28 nitrogen and oxygen atoms in total. The van der Waals surface area contributed by atoms with Crippen molar-refractivity contribution in [3.63, 3.8) is 0 Å². The molecule has 3 N–H and O–H groups in total. The number of aromatic nitrogens is 3. The zero-order valence-electron chi connectivity index (χ0n) is 44.4. The first-order chi connectivity index (χ1) is 35.7. The Labute approximate surface area is 606 Å². The van der Waals surface area contributed by atoms with Gasteiger partial charge >= 0.3 is 177 Å². The molecule has 0 unspecified atom stereocenters. The van der Waals surface area contributed by atoms with Crippen molar-refractivity contribution in [1.82, 2.24) is 15.0 Å². The molecule has 400 valence electrons. The van der Waals surface area contributed by atoms with Crippen LogP contribution >= 0.6 is 0 Å². The van der Waals surface area contributed by atoms with E-state index < -0.39 is 107 Å². The van der Waals surface area contributed by atoms with Crippen LogP contribution in [-0.2, 0) is 60.7 Å². The molecule has 7 aromatic carbocycles. The van der Waals surface area contributed by atoms with Crippen LogP contribution in [0.25, 0.3) is 21.5 Å². The summed E-state index contributed by atoms with van der Waals surface area (Å²) in [5.74, 6) is -0.400. The smallest absolute Gasteiger partial charge is 0.744 e. The summed E-state index contributed by atoms with van der Waals surface area (Å²) in [5, 5.41) is 22.5. The molecular formula is C43H28N10Na6O18S6. The van der Waals surface area contributed by atoms with Crippen molar-refractivity contribution in [3.05, 3.63) is 126 Å². The van der Waals surface area contributed by atoms with Gasteiger partial charge in [-0.3, -0.25) is 0 Å². The summed E-state index contributed by atoms with van der Waals surface area (Å²) in [6.07, 6.45) is 0. The summed E-state index contributed by atoms with van der Waals surface area (Å²) < 4.78 is 216. The molecule has 0 saturated carbocycles. The van der Waals surface area contributed by atoms with Crippen LogP contribution in [-0.4, -0.2) is 92.8 Å². The third-order valence-electron chi connectivity index (χ3n) is 10.7. The number of aryl methyl sites for hydroxylation is 2. The predicted octanol–water partition coefficient (Wildman–Crippen LogP) is -11.7. The molecule has 0 aliphatic rings. The third-order valence-corrected chi connectivity index (χ3v) is 16.0. The minimum Gasteiger partial charge on any atom is -0.744 e. The number of fused-ring (bicyclic) bond motifs is 2. The van der Waals surface area contributed by atoms with Crippen LogP contribution in [0.15, 0.2) is 165 Å². The van der Waals surface area contributed by atoms with Crippen LogP contribution in [0, 0.1) is 13.8 Å². The summed E-state index contributed by atoms with van der Waals surface area (Å²) in [6.45, 7) is 3.13. The van der Waals surface area contributed by atoms with E-state index in [1.54, 1.807) is 13.0 Å². The molecule has 0 amide bonds. The molecule has 0 radical (unpaired) electrons. The van der Waals surface area contributed by atoms with Gasteiger partial charge in [-0.2, -0.15) is 30.3 Å². The molecule has 0 aliphatic carbocycles. The SMILES string of the molecule is Cc1cc(Nc2nc(Nc3ccc(S(=O)(=O)[O-])cc3)nc(Nc3ccc(N=Nc4ccc5c(S(=O)(=O)[O-])cc(S(=O)(=O)[O-])cc5c4S(=O)(=O)[O-])c(C)c3)n2)ccc1N=Nc1cc(S(=O)(=O)[O-])c2cccc(S(=O)(=O)[O-])c2c1.[Na+].[Na+].[Na+].[Na+].[Na+].[Na+]. The summed E-state index contributed by atoms with van der Waals surface area (Å²) in [4.78, 5) is 7.11. The topological polar surface area (TPSA) is 467 Å². The van der Waals surface area contributed by atoms with E-state index in [0.717, 1.165) is 54.6 Å². The van der Waals surface area contributed by atoms with Crippen molar-refractivity contribution in [3.8, 4) is 0 Å². The Morgan fingerprint density at radius 3 is 1.20 bits per heavy atom. The normalized spacial score (nSPS) is 12.0. The summed E-state index contributed by atoms with van der Waals surface area (Å²) in [7, 11) is -31.8. The van der Waals surface area contributed by atoms with Crippen LogP contribution < -0.4 is 193 Å². The molecule has 0 saturated heterocycles. The summed E-state index contributed by atoms with van der Waals surface area (Å²) in [5.41, 5.74) is 0.846. The fourth-order valence-corrected chi connectivity index (χ4v) is 11.4. The van der Waals surface area contributed by atoms with Crippen molar-refractivity contribution in [2.45, 2.75) is 43.2 Å². The Hall–Kier alpha value is -1.87. The Bertz CT molecular complexity index is 4600. The average Bonchev–Trinajstić information content (AvgIpc) is 3.51. The van der Waals surface area contributed by atoms with E-state index in [9.17, 15) is 77.8 Å². The molecule has 0 atom stereocenters. The number of rotatable bonds is 16. The van der Waals surface area contributed by atoms with Crippen LogP contribution in [0.3, 0.4) is 0 Å². The third kappa shape index (κ3) is 19.3. The first-order valence-corrected chi connectivity index (χ1v) is 29.3. The molecule has 40 heteroatoms. The first-order valence-electron chi connectivity index (χ1n) is 20.9. The second-order valence-electron chi connectivity index (χ2n) is 16.1. The van der Waals surface area contributed by atoms with Crippen LogP contribution in [0.4, 0.5) is 57.7 Å². The van der Waals surface area contributed by atoms with E-state index in [-0.39, 0.29) is 240 Å². The van der Waals surface area contributed by atoms with Gasteiger partial charge in [0.2, 0.25) is 17.8 Å². The first kappa shape index (κ1) is 77.2. The van der Waals surface area contributed by atoms with Crippen LogP contribution in [0.2, 0.25) is 0 Å². The van der Waals surface area contributed by atoms with Crippen LogP contribution in [0.1, 0.15) is 11.1 Å². The number of hydrogen-bond acceptors (Lipinski definition) is 28. The van der Waals surface area contributed by atoms with Crippen molar-refractivity contribution >= 4 is 140 Å². The van der Waals surface area contributed by atoms with Gasteiger partial charge in [0.1, 0.15) is 66.4 Å². The van der Waals surface area contributed by atoms with Gasteiger partial charge in [0.25, 0.3) is 0 Å². The number of benzene rings is 7. The Morgan fingerprint density at radius 1 is 0.349 bits per heavy atom. The number of nitrogens with one attached hydrogen (secondary N) is 3. The Kier molecular flexibility index (Phi) is 28.0. The molecule has 1 aromatic heterocycles. The molecule has 0 bridgehead atoms. The second-order valence-corrected chi connectivity index (χ2v) is 24.2. The number of nitrogens with zero attached hydrogens (tertiary/aromatic N) is 7. The zero-order valence-corrected chi connectivity index (χ0v) is 61.3. The number of hydrogen-bond donors (Lipinski definition) is 3. The molecule has 83 heavy (non-hydrogen) atoms. The van der Waals surface area contributed by atoms with Crippen molar-refractivity contribution in [2.75, 3.05) is 16.0 Å². The van der Waals surface area contributed by atoms with E-state index >= 15 is 0 Å². The Morgan fingerprint density at radius 2 is 0.759 bits per heavy atom. The van der Waals surface area contributed by atoms with E-state index in [0.29, 0.717) is 22.9 Å². The molecular weight excluding hydrogens is 1270 g/mol. The number of azo groups is 2. The average molecular weight is 1300 g/mol. The van der Waals surface area contributed by atoms with Gasteiger partial charge in [0.05, 0.1) is 46.4 Å². The van der Waals surface area contributed by atoms with Gasteiger partial charge in [-0.05, 0) is 122 Å². The van der Waals surface area contributed by atoms with Gasteiger partial charge in [-0.15, -0.1) is 5.11 Å². The minimum absolute atomic E-state index is 0. The minimum atomic E-state index is -5.65. The van der Waals surface area contributed by atoms with E-state index in [4.69, 9.17) is 0 Å². The summed E-state index contributed by atoms with van der Waals surface area (Å²) >= 11 is 0.